The average Bonchev–Trinajstić information content (AvgIpc) is 3.11. The number of aromatic nitrogens is 2. The van der Waals surface area contributed by atoms with Crippen LogP contribution >= 0.6 is 0 Å². The minimum absolute atomic E-state index is 0.555. The molecule has 4 rings (SSSR count). The number of benzene rings is 3. The van der Waals surface area contributed by atoms with E-state index in [0.29, 0.717) is 6.61 Å². The Labute approximate surface area is 165 Å². The summed E-state index contributed by atoms with van der Waals surface area (Å²) in [5.74, 6) is 2.61. The number of imidazole rings is 1. The van der Waals surface area contributed by atoms with Crippen LogP contribution in [-0.2, 0) is 19.4 Å². The summed E-state index contributed by atoms with van der Waals surface area (Å²) in [6, 6.07) is 26.6. The van der Waals surface area contributed by atoms with E-state index in [1.165, 1.54) is 5.56 Å². The molecule has 0 aliphatic heterocycles. The molecule has 0 aliphatic rings. The first-order chi connectivity index (χ1) is 13.8. The summed E-state index contributed by atoms with van der Waals surface area (Å²) in [4.78, 5) is 4.87. The van der Waals surface area contributed by atoms with Gasteiger partial charge in [0.05, 0.1) is 24.7 Å². The summed E-state index contributed by atoms with van der Waals surface area (Å²) < 4.78 is 13.6. The predicted octanol–water partition coefficient (Wildman–Crippen LogP) is 4.91. The van der Waals surface area contributed by atoms with Crippen molar-refractivity contribution < 1.29 is 9.47 Å². The van der Waals surface area contributed by atoms with Crippen LogP contribution in [0.15, 0.2) is 78.9 Å². The van der Waals surface area contributed by atoms with Gasteiger partial charge < -0.3 is 14.0 Å². The number of ether oxygens (including phenoxy) is 2. The van der Waals surface area contributed by atoms with E-state index in [-0.39, 0.29) is 0 Å². The molecule has 0 saturated heterocycles. The van der Waals surface area contributed by atoms with Crippen LogP contribution in [0, 0.1) is 0 Å². The molecule has 0 atom stereocenters. The zero-order valence-electron chi connectivity index (χ0n) is 16.0. The monoisotopic (exact) mass is 372 g/mol. The van der Waals surface area contributed by atoms with E-state index < -0.39 is 0 Å². The standard InChI is InChI=1S/C24H24N2O2/c1-27-22-13-7-8-14-23(22)28-18-17-26-21-12-6-5-11-20(21)25-24(26)16-15-19-9-3-2-4-10-19/h2-14H,15-18H2,1H3. The molecule has 0 unspecified atom stereocenters. The first kappa shape index (κ1) is 18.1. The van der Waals surface area contributed by atoms with E-state index in [0.717, 1.165) is 47.7 Å². The lowest BCUT2D eigenvalue weighted by molar-refractivity contribution is 0.279. The van der Waals surface area contributed by atoms with Crippen LogP contribution in [-0.4, -0.2) is 23.3 Å². The van der Waals surface area contributed by atoms with Crippen molar-refractivity contribution in [1.82, 2.24) is 9.55 Å². The Morgan fingerprint density at radius 2 is 1.50 bits per heavy atom. The molecule has 4 heteroatoms. The zero-order valence-corrected chi connectivity index (χ0v) is 16.0. The van der Waals surface area contributed by atoms with E-state index >= 15 is 0 Å². The lowest BCUT2D eigenvalue weighted by atomic mass is 10.1. The lowest BCUT2D eigenvalue weighted by Crippen LogP contribution is -2.12. The van der Waals surface area contributed by atoms with Crippen LogP contribution in [0.4, 0.5) is 0 Å². The molecule has 1 aromatic heterocycles. The number of methoxy groups -OCH3 is 1. The van der Waals surface area contributed by atoms with Crippen LogP contribution in [0.25, 0.3) is 11.0 Å². The lowest BCUT2D eigenvalue weighted by Gasteiger charge is -2.13. The Hall–Kier alpha value is -3.27. The van der Waals surface area contributed by atoms with Gasteiger partial charge in [-0.05, 0) is 36.2 Å². The fourth-order valence-electron chi connectivity index (χ4n) is 3.45. The Kier molecular flexibility index (Phi) is 5.57. The third-order valence-electron chi connectivity index (χ3n) is 4.86. The molecule has 0 spiro atoms. The highest BCUT2D eigenvalue weighted by Crippen LogP contribution is 2.26. The maximum atomic E-state index is 5.99. The summed E-state index contributed by atoms with van der Waals surface area (Å²) in [7, 11) is 1.66. The second kappa shape index (κ2) is 8.61. The molecule has 0 bridgehead atoms. The quantitative estimate of drug-likeness (QED) is 0.441. The Morgan fingerprint density at radius 1 is 0.786 bits per heavy atom. The number of hydrogen-bond acceptors (Lipinski definition) is 3. The van der Waals surface area contributed by atoms with Gasteiger partial charge in [-0.3, -0.25) is 0 Å². The number of rotatable bonds is 8. The first-order valence-corrected chi connectivity index (χ1v) is 9.59. The highest BCUT2D eigenvalue weighted by atomic mass is 16.5. The zero-order chi connectivity index (χ0) is 19.2. The number of nitrogens with zero attached hydrogens (tertiary/aromatic N) is 2. The number of aryl methyl sites for hydroxylation is 2. The minimum Gasteiger partial charge on any atom is -0.493 e. The molecular formula is C24H24N2O2. The second-order valence-electron chi connectivity index (χ2n) is 6.65. The number of para-hydroxylation sites is 4. The van der Waals surface area contributed by atoms with Crippen LogP contribution in [0.2, 0.25) is 0 Å². The second-order valence-corrected chi connectivity index (χ2v) is 6.65. The SMILES string of the molecule is COc1ccccc1OCCn1c(CCc2ccccc2)nc2ccccc21. The molecule has 0 fully saturated rings. The molecule has 0 amide bonds. The first-order valence-electron chi connectivity index (χ1n) is 9.59. The Bertz CT molecular complexity index is 1040. The Morgan fingerprint density at radius 3 is 2.32 bits per heavy atom. The van der Waals surface area contributed by atoms with E-state index in [2.05, 4.69) is 47.0 Å². The van der Waals surface area contributed by atoms with E-state index in [4.69, 9.17) is 14.5 Å². The van der Waals surface area contributed by atoms with Crippen molar-refractivity contribution in [2.24, 2.45) is 0 Å². The normalized spacial score (nSPS) is 10.9. The largest absolute Gasteiger partial charge is 0.493 e. The van der Waals surface area contributed by atoms with E-state index in [9.17, 15) is 0 Å². The van der Waals surface area contributed by atoms with Crippen molar-refractivity contribution >= 4 is 11.0 Å². The van der Waals surface area contributed by atoms with Crippen molar-refractivity contribution in [3.8, 4) is 11.5 Å². The minimum atomic E-state index is 0.555. The molecule has 0 N–H and O–H groups in total. The summed E-state index contributed by atoms with van der Waals surface area (Å²) in [6.07, 6.45) is 1.87. The van der Waals surface area contributed by atoms with Gasteiger partial charge in [0.2, 0.25) is 0 Å². The average molecular weight is 372 g/mol. The van der Waals surface area contributed by atoms with Crippen LogP contribution in [0.1, 0.15) is 11.4 Å². The van der Waals surface area contributed by atoms with Crippen molar-refractivity contribution in [2.45, 2.75) is 19.4 Å². The smallest absolute Gasteiger partial charge is 0.161 e. The van der Waals surface area contributed by atoms with Crippen molar-refractivity contribution in [3.63, 3.8) is 0 Å². The fraction of sp³-hybridized carbons (Fsp3) is 0.208. The fourth-order valence-corrected chi connectivity index (χ4v) is 3.45. The molecule has 4 aromatic rings. The van der Waals surface area contributed by atoms with Gasteiger partial charge in [-0.25, -0.2) is 4.98 Å². The van der Waals surface area contributed by atoms with Gasteiger partial charge in [0.25, 0.3) is 0 Å². The maximum Gasteiger partial charge on any atom is 0.161 e. The van der Waals surface area contributed by atoms with Crippen molar-refractivity contribution in [2.75, 3.05) is 13.7 Å². The molecule has 0 aliphatic carbocycles. The van der Waals surface area contributed by atoms with Crippen LogP contribution < -0.4 is 9.47 Å². The topological polar surface area (TPSA) is 36.3 Å². The van der Waals surface area contributed by atoms with Gasteiger partial charge >= 0.3 is 0 Å². The predicted molar refractivity (Wildman–Crippen MR) is 112 cm³/mol. The summed E-state index contributed by atoms with van der Waals surface area (Å²) in [5.41, 5.74) is 3.50. The third kappa shape index (κ3) is 4.01. The highest BCUT2D eigenvalue weighted by molar-refractivity contribution is 5.75. The Balaban J connectivity index is 1.51. The van der Waals surface area contributed by atoms with Crippen molar-refractivity contribution in [3.05, 3.63) is 90.3 Å². The van der Waals surface area contributed by atoms with Gasteiger partial charge in [0, 0.05) is 6.42 Å². The van der Waals surface area contributed by atoms with Gasteiger partial charge in [-0.15, -0.1) is 0 Å². The molecule has 0 saturated carbocycles. The molecule has 28 heavy (non-hydrogen) atoms. The molecule has 0 radical (unpaired) electrons. The van der Waals surface area contributed by atoms with Gasteiger partial charge in [0.1, 0.15) is 12.4 Å². The molecular weight excluding hydrogens is 348 g/mol. The van der Waals surface area contributed by atoms with E-state index in [1.807, 2.05) is 36.4 Å². The van der Waals surface area contributed by atoms with Gasteiger partial charge in [-0.2, -0.15) is 0 Å². The summed E-state index contributed by atoms with van der Waals surface area (Å²) in [5, 5.41) is 0. The van der Waals surface area contributed by atoms with E-state index in [1.54, 1.807) is 7.11 Å². The molecule has 4 nitrogen and oxygen atoms in total. The van der Waals surface area contributed by atoms with Crippen LogP contribution in [0.5, 0.6) is 11.5 Å². The number of fused-ring (bicyclic) bond motifs is 1. The highest BCUT2D eigenvalue weighted by Gasteiger charge is 2.11. The van der Waals surface area contributed by atoms with Gasteiger partial charge in [0.15, 0.2) is 11.5 Å². The van der Waals surface area contributed by atoms with Crippen molar-refractivity contribution in [1.29, 1.82) is 0 Å². The molecule has 1 heterocycles. The maximum absolute atomic E-state index is 5.99. The summed E-state index contributed by atoms with van der Waals surface area (Å²) in [6.45, 7) is 1.29. The molecule has 3 aromatic carbocycles. The molecule has 142 valence electrons. The number of hydrogen-bond donors (Lipinski definition) is 0. The summed E-state index contributed by atoms with van der Waals surface area (Å²) >= 11 is 0. The van der Waals surface area contributed by atoms with Crippen LogP contribution in [0.3, 0.4) is 0 Å². The van der Waals surface area contributed by atoms with Gasteiger partial charge in [-0.1, -0.05) is 54.6 Å². The third-order valence-corrected chi connectivity index (χ3v) is 4.86.